The lowest BCUT2D eigenvalue weighted by Crippen LogP contribution is -2.47. The second-order valence-electron chi connectivity index (χ2n) is 8.38. The molecule has 1 amide bonds. The molecule has 0 N–H and O–H groups in total. The zero-order chi connectivity index (χ0) is 21.7. The van der Waals surface area contributed by atoms with Crippen LogP contribution in [0.1, 0.15) is 42.9 Å². The molecule has 3 nitrogen and oxygen atoms in total. The topological polar surface area (TPSA) is 25.2 Å². The van der Waals surface area contributed by atoms with Crippen molar-refractivity contribution in [3.63, 3.8) is 0 Å². The van der Waals surface area contributed by atoms with Gasteiger partial charge in [0.25, 0.3) is 0 Å². The highest BCUT2D eigenvalue weighted by Gasteiger charge is 2.43. The van der Waals surface area contributed by atoms with Crippen LogP contribution in [0.2, 0.25) is 5.02 Å². The van der Waals surface area contributed by atoms with Gasteiger partial charge >= 0.3 is 0 Å². The van der Waals surface area contributed by atoms with Crippen molar-refractivity contribution in [2.45, 2.75) is 45.2 Å². The van der Waals surface area contributed by atoms with Crippen molar-refractivity contribution in [1.29, 1.82) is 0 Å². The minimum Gasteiger partial charge on any atom is -0.305 e. The molecule has 2 aromatic carbocycles. The maximum absolute atomic E-state index is 13.7. The van der Waals surface area contributed by atoms with Crippen LogP contribution in [0.15, 0.2) is 42.5 Å². The minimum absolute atomic E-state index is 0.0763. The van der Waals surface area contributed by atoms with Gasteiger partial charge in [0.15, 0.2) is 3.95 Å². The summed E-state index contributed by atoms with van der Waals surface area (Å²) in [6.45, 7) is 2.35. The van der Waals surface area contributed by atoms with Crippen LogP contribution in [-0.2, 0) is 11.3 Å². The van der Waals surface area contributed by atoms with Gasteiger partial charge in [0, 0.05) is 11.1 Å². The molecule has 2 heterocycles. The van der Waals surface area contributed by atoms with Gasteiger partial charge in [-0.25, -0.2) is 4.39 Å². The number of aromatic nitrogens is 1. The van der Waals surface area contributed by atoms with E-state index in [1.165, 1.54) is 17.7 Å². The molecule has 2 atom stereocenters. The predicted octanol–water partition coefficient (Wildman–Crippen LogP) is 7.33. The van der Waals surface area contributed by atoms with Crippen LogP contribution in [0.3, 0.4) is 0 Å². The largest absolute Gasteiger partial charge is 0.305 e. The molecule has 2 aliphatic rings. The van der Waals surface area contributed by atoms with E-state index in [4.69, 9.17) is 23.8 Å². The highest BCUT2D eigenvalue weighted by Crippen LogP contribution is 2.49. The van der Waals surface area contributed by atoms with Gasteiger partial charge in [-0.1, -0.05) is 60.3 Å². The van der Waals surface area contributed by atoms with Crippen LogP contribution in [0.5, 0.6) is 0 Å². The van der Waals surface area contributed by atoms with E-state index in [9.17, 15) is 9.18 Å². The number of rotatable bonds is 3. The fourth-order valence-corrected chi connectivity index (χ4v) is 6.55. The first kappa shape index (κ1) is 20.9. The molecule has 0 saturated heterocycles. The number of hydrogen-bond donors (Lipinski definition) is 0. The molecule has 31 heavy (non-hydrogen) atoms. The van der Waals surface area contributed by atoms with Crippen molar-refractivity contribution in [3.05, 3.63) is 68.4 Å². The van der Waals surface area contributed by atoms with Gasteiger partial charge in [0.05, 0.1) is 17.3 Å². The maximum Gasteiger partial charge on any atom is 0.233 e. The van der Waals surface area contributed by atoms with Crippen molar-refractivity contribution in [3.8, 4) is 10.4 Å². The fourth-order valence-electron chi connectivity index (χ4n) is 4.80. The molecule has 1 aliphatic carbocycles. The molecule has 1 aliphatic heterocycles. The number of thiazole rings is 1. The number of fused-ring (bicyclic) bond motifs is 3. The Kier molecular flexibility index (Phi) is 5.49. The molecule has 1 saturated carbocycles. The summed E-state index contributed by atoms with van der Waals surface area (Å²) in [5.74, 6) is 0.510. The predicted molar refractivity (Wildman–Crippen MR) is 127 cm³/mol. The number of carbonyl (C=O) groups excluding carboxylic acids is 1. The molecule has 7 heteroatoms. The highest BCUT2D eigenvalue weighted by atomic mass is 35.5. The summed E-state index contributed by atoms with van der Waals surface area (Å²) in [6.07, 6.45) is 3.99. The Morgan fingerprint density at radius 3 is 2.65 bits per heavy atom. The Bertz CT molecular complexity index is 1220. The number of anilines is 1. The van der Waals surface area contributed by atoms with Crippen molar-refractivity contribution in [2.75, 3.05) is 4.90 Å². The van der Waals surface area contributed by atoms with Crippen LogP contribution in [0.25, 0.3) is 10.4 Å². The van der Waals surface area contributed by atoms with Crippen LogP contribution in [-0.4, -0.2) is 10.5 Å². The molecular formula is C24H22ClFN2OS2. The molecule has 0 radical (unpaired) electrons. The van der Waals surface area contributed by atoms with Gasteiger partial charge in [0.2, 0.25) is 5.91 Å². The molecule has 0 bridgehead atoms. The van der Waals surface area contributed by atoms with E-state index >= 15 is 0 Å². The van der Waals surface area contributed by atoms with Gasteiger partial charge in [-0.05, 0) is 55.2 Å². The fraction of sp³-hybridized carbons (Fsp3) is 0.333. The number of carbonyl (C=O) groups is 1. The molecule has 0 spiro atoms. The van der Waals surface area contributed by atoms with E-state index in [0.29, 0.717) is 11.6 Å². The number of nitrogens with zero attached hydrogens (tertiary/aromatic N) is 2. The van der Waals surface area contributed by atoms with Crippen molar-refractivity contribution in [2.24, 2.45) is 5.92 Å². The smallest absolute Gasteiger partial charge is 0.233 e. The first-order chi connectivity index (χ1) is 14.9. The minimum atomic E-state index is -0.384. The summed E-state index contributed by atoms with van der Waals surface area (Å²) < 4.78 is 16.6. The summed E-state index contributed by atoms with van der Waals surface area (Å²) in [7, 11) is 0. The normalized spacial score (nSPS) is 20.5. The number of benzene rings is 2. The van der Waals surface area contributed by atoms with E-state index < -0.39 is 0 Å². The lowest BCUT2D eigenvalue weighted by molar-refractivity contribution is -0.126. The van der Waals surface area contributed by atoms with Crippen LogP contribution in [0.4, 0.5) is 10.2 Å². The summed E-state index contributed by atoms with van der Waals surface area (Å²) in [6, 6.07) is 12.8. The van der Waals surface area contributed by atoms with Gasteiger partial charge in [-0.2, -0.15) is 0 Å². The molecule has 160 valence electrons. The third kappa shape index (κ3) is 3.65. The zero-order valence-electron chi connectivity index (χ0n) is 17.1. The second kappa shape index (κ2) is 8.15. The lowest BCUT2D eigenvalue weighted by atomic mass is 9.82. The van der Waals surface area contributed by atoms with Crippen molar-refractivity contribution >= 4 is 46.9 Å². The second-order valence-corrected chi connectivity index (χ2v) is 10.4. The molecule has 1 aromatic heterocycles. The number of amides is 1. The lowest BCUT2D eigenvalue weighted by Gasteiger charge is -2.42. The molecular weight excluding hydrogens is 451 g/mol. The Hall–Kier alpha value is -2.02. The SMILES string of the molecule is Cc1ccc(-c2sc(=S)n3c2N(Cc2ccc(F)cc2Cl)C(=O)C2CCCCC23)cc1. The quantitative estimate of drug-likeness (QED) is 0.373. The standard InChI is InChI=1S/C24H22ClFN2OS2/c1-14-6-8-15(9-7-14)21-22-27(13-16-10-11-17(26)12-19(16)25)23(29)18-4-2-3-5-20(18)28(22)24(30)31-21/h6-12,18,20H,2-5,13H2,1H3. The Balaban J connectivity index is 1.69. The monoisotopic (exact) mass is 472 g/mol. The van der Waals surface area contributed by atoms with E-state index in [1.807, 2.05) is 4.90 Å². The number of aryl methyl sites for hydroxylation is 1. The summed E-state index contributed by atoms with van der Waals surface area (Å²) in [5, 5.41) is 0.329. The third-order valence-electron chi connectivity index (χ3n) is 6.37. The maximum atomic E-state index is 13.7. The Morgan fingerprint density at radius 2 is 1.90 bits per heavy atom. The Labute approximate surface area is 195 Å². The van der Waals surface area contributed by atoms with E-state index in [0.717, 1.165) is 51.5 Å². The molecule has 3 aromatic rings. The van der Waals surface area contributed by atoms with Crippen LogP contribution >= 0.6 is 35.2 Å². The first-order valence-electron chi connectivity index (χ1n) is 10.5. The zero-order valence-corrected chi connectivity index (χ0v) is 19.5. The van der Waals surface area contributed by atoms with E-state index in [1.54, 1.807) is 17.4 Å². The van der Waals surface area contributed by atoms with E-state index in [-0.39, 0.29) is 23.7 Å². The van der Waals surface area contributed by atoms with Crippen molar-refractivity contribution < 1.29 is 9.18 Å². The summed E-state index contributed by atoms with van der Waals surface area (Å²) >= 11 is 13.7. The number of hydrogen-bond acceptors (Lipinski definition) is 3. The molecule has 2 unspecified atom stereocenters. The van der Waals surface area contributed by atoms with Gasteiger partial charge in [0.1, 0.15) is 11.6 Å². The van der Waals surface area contributed by atoms with Crippen LogP contribution < -0.4 is 4.90 Å². The Morgan fingerprint density at radius 1 is 1.16 bits per heavy atom. The van der Waals surface area contributed by atoms with Crippen molar-refractivity contribution in [1.82, 2.24) is 4.57 Å². The van der Waals surface area contributed by atoms with Gasteiger partial charge in [-0.3, -0.25) is 9.69 Å². The highest BCUT2D eigenvalue weighted by molar-refractivity contribution is 7.73. The number of halogens is 2. The molecule has 5 rings (SSSR count). The van der Waals surface area contributed by atoms with Crippen LogP contribution in [0, 0.1) is 22.6 Å². The third-order valence-corrected chi connectivity index (χ3v) is 8.17. The average Bonchev–Trinajstić information content (AvgIpc) is 3.10. The molecule has 1 fully saturated rings. The van der Waals surface area contributed by atoms with E-state index in [2.05, 4.69) is 35.8 Å². The first-order valence-corrected chi connectivity index (χ1v) is 12.1. The van der Waals surface area contributed by atoms with Gasteiger partial charge in [-0.15, -0.1) is 11.3 Å². The summed E-state index contributed by atoms with van der Waals surface area (Å²) in [4.78, 5) is 16.5. The average molecular weight is 473 g/mol. The summed E-state index contributed by atoms with van der Waals surface area (Å²) in [5.41, 5.74) is 2.95. The van der Waals surface area contributed by atoms with Gasteiger partial charge < -0.3 is 4.57 Å².